The van der Waals surface area contributed by atoms with Crippen LogP contribution in [-0.4, -0.2) is 17.1 Å². The number of benzene rings is 1. The highest BCUT2D eigenvalue weighted by molar-refractivity contribution is 5.70. The number of nitrogens with one attached hydrogen (secondary N) is 1. The maximum absolute atomic E-state index is 13.0. The minimum Gasteiger partial charge on any atom is -0.481 e. The molecular weight excluding hydrogens is 252 g/mol. The van der Waals surface area contributed by atoms with Gasteiger partial charge in [0.2, 0.25) is 0 Å². The van der Waals surface area contributed by atoms with Crippen molar-refractivity contribution in [2.75, 3.05) is 0 Å². The number of carboxylic acids is 1. The first kappa shape index (κ1) is 13.9. The van der Waals surface area contributed by atoms with E-state index in [9.17, 15) is 13.6 Å². The average Bonchev–Trinajstić information content (AvgIpc) is 2.36. The van der Waals surface area contributed by atoms with Crippen LogP contribution in [0.1, 0.15) is 31.2 Å². The van der Waals surface area contributed by atoms with E-state index in [2.05, 4.69) is 5.32 Å². The minimum absolute atomic E-state index is 0.224. The standard InChI is InChI=1S/C14H17F2NO2/c15-11-5-9(6-12(16)7-11)8-17-13-3-1-10(2-4-13)14(18)19/h5-7,10,13,17H,1-4,8H2,(H,18,19). The molecule has 1 aliphatic rings. The molecule has 0 heterocycles. The third-order valence-corrected chi connectivity index (χ3v) is 3.59. The Morgan fingerprint density at radius 2 is 1.74 bits per heavy atom. The molecule has 0 aliphatic heterocycles. The normalized spacial score (nSPS) is 23.3. The Kier molecular flexibility index (Phi) is 4.47. The van der Waals surface area contributed by atoms with E-state index < -0.39 is 17.6 Å². The number of carbonyl (C=O) groups is 1. The number of halogens is 2. The smallest absolute Gasteiger partial charge is 0.306 e. The van der Waals surface area contributed by atoms with E-state index in [0.29, 0.717) is 24.9 Å². The lowest BCUT2D eigenvalue weighted by Gasteiger charge is -2.27. The molecule has 1 aromatic carbocycles. The van der Waals surface area contributed by atoms with Gasteiger partial charge in [-0.15, -0.1) is 0 Å². The van der Waals surface area contributed by atoms with E-state index in [-0.39, 0.29) is 12.0 Å². The summed E-state index contributed by atoms with van der Waals surface area (Å²) in [6.45, 7) is 0.400. The van der Waals surface area contributed by atoms with Crippen LogP contribution in [0, 0.1) is 17.6 Å². The lowest BCUT2D eigenvalue weighted by molar-refractivity contribution is -0.142. The summed E-state index contributed by atoms with van der Waals surface area (Å²) in [6, 6.07) is 3.68. The van der Waals surface area contributed by atoms with E-state index in [1.54, 1.807) is 0 Å². The number of carboxylic acid groups (broad SMARTS) is 1. The van der Waals surface area contributed by atoms with Gasteiger partial charge < -0.3 is 10.4 Å². The Hall–Kier alpha value is -1.49. The molecule has 5 heteroatoms. The van der Waals surface area contributed by atoms with Gasteiger partial charge in [-0.2, -0.15) is 0 Å². The van der Waals surface area contributed by atoms with Crippen LogP contribution in [0.2, 0.25) is 0 Å². The third kappa shape index (κ3) is 3.99. The summed E-state index contributed by atoms with van der Waals surface area (Å²) in [5, 5.41) is 12.1. The molecule has 0 atom stereocenters. The van der Waals surface area contributed by atoms with Crippen molar-refractivity contribution in [2.24, 2.45) is 5.92 Å². The molecule has 2 N–H and O–H groups in total. The van der Waals surface area contributed by atoms with Gasteiger partial charge in [-0.1, -0.05) is 0 Å². The molecule has 1 fully saturated rings. The predicted octanol–water partition coefficient (Wildman–Crippen LogP) is 2.70. The van der Waals surface area contributed by atoms with Crippen molar-refractivity contribution >= 4 is 5.97 Å². The Balaban J connectivity index is 1.82. The molecule has 0 amide bonds. The van der Waals surface area contributed by atoms with Gasteiger partial charge in [0.05, 0.1) is 5.92 Å². The van der Waals surface area contributed by atoms with Crippen LogP contribution in [0.15, 0.2) is 18.2 Å². The number of rotatable bonds is 4. The predicted molar refractivity (Wildman–Crippen MR) is 66.6 cm³/mol. The Morgan fingerprint density at radius 3 is 2.26 bits per heavy atom. The van der Waals surface area contributed by atoms with Gasteiger partial charge in [0.1, 0.15) is 11.6 Å². The average molecular weight is 269 g/mol. The van der Waals surface area contributed by atoms with Gasteiger partial charge in [0.25, 0.3) is 0 Å². The molecule has 1 saturated carbocycles. The first-order valence-corrected chi connectivity index (χ1v) is 6.46. The quantitative estimate of drug-likeness (QED) is 0.883. The van der Waals surface area contributed by atoms with Gasteiger partial charge >= 0.3 is 5.97 Å². The van der Waals surface area contributed by atoms with Gasteiger partial charge in [0, 0.05) is 18.7 Å². The molecule has 0 spiro atoms. The summed E-state index contributed by atoms with van der Waals surface area (Å²) in [7, 11) is 0. The van der Waals surface area contributed by atoms with Crippen molar-refractivity contribution < 1.29 is 18.7 Å². The zero-order valence-electron chi connectivity index (χ0n) is 10.5. The van der Waals surface area contributed by atoms with Crippen LogP contribution in [0.3, 0.4) is 0 Å². The molecule has 0 radical (unpaired) electrons. The molecule has 1 aliphatic carbocycles. The van der Waals surface area contributed by atoms with Gasteiger partial charge in [-0.3, -0.25) is 4.79 Å². The minimum atomic E-state index is -0.731. The van der Waals surface area contributed by atoms with Crippen molar-refractivity contribution in [1.29, 1.82) is 0 Å². The summed E-state index contributed by atoms with van der Waals surface area (Å²) < 4.78 is 26.0. The highest BCUT2D eigenvalue weighted by atomic mass is 19.1. The van der Waals surface area contributed by atoms with Crippen molar-refractivity contribution in [1.82, 2.24) is 5.32 Å². The lowest BCUT2D eigenvalue weighted by atomic mass is 9.86. The maximum atomic E-state index is 13.0. The molecule has 2 rings (SSSR count). The van der Waals surface area contributed by atoms with E-state index in [1.165, 1.54) is 12.1 Å². The fourth-order valence-corrected chi connectivity index (χ4v) is 2.52. The molecule has 3 nitrogen and oxygen atoms in total. The summed E-state index contributed by atoms with van der Waals surface area (Å²) in [4.78, 5) is 10.8. The third-order valence-electron chi connectivity index (χ3n) is 3.59. The van der Waals surface area contributed by atoms with Crippen molar-refractivity contribution in [3.63, 3.8) is 0 Å². The Labute approximate surface area is 110 Å². The number of aliphatic carboxylic acids is 1. The van der Waals surface area contributed by atoms with Crippen LogP contribution in [0.5, 0.6) is 0 Å². The molecule has 0 unspecified atom stereocenters. The second-order valence-electron chi connectivity index (χ2n) is 5.05. The van der Waals surface area contributed by atoms with Crippen LogP contribution in [0.4, 0.5) is 8.78 Å². The molecule has 1 aromatic rings. The first-order valence-electron chi connectivity index (χ1n) is 6.46. The van der Waals surface area contributed by atoms with Crippen LogP contribution >= 0.6 is 0 Å². The molecular formula is C14H17F2NO2. The SMILES string of the molecule is O=C(O)C1CCC(NCc2cc(F)cc(F)c2)CC1. The van der Waals surface area contributed by atoms with Crippen molar-refractivity contribution in [3.05, 3.63) is 35.4 Å². The van der Waals surface area contributed by atoms with Gasteiger partial charge in [0.15, 0.2) is 0 Å². The molecule has 104 valence electrons. The van der Waals surface area contributed by atoms with Gasteiger partial charge in [-0.05, 0) is 43.4 Å². The van der Waals surface area contributed by atoms with E-state index >= 15 is 0 Å². The van der Waals surface area contributed by atoms with Crippen LogP contribution < -0.4 is 5.32 Å². The first-order chi connectivity index (χ1) is 9.04. The van der Waals surface area contributed by atoms with E-state index in [0.717, 1.165) is 18.9 Å². The topological polar surface area (TPSA) is 49.3 Å². The molecule has 0 aromatic heterocycles. The van der Waals surface area contributed by atoms with E-state index in [1.807, 2.05) is 0 Å². The maximum Gasteiger partial charge on any atom is 0.306 e. The second-order valence-corrected chi connectivity index (χ2v) is 5.05. The fourth-order valence-electron chi connectivity index (χ4n) is 2.52. The van der Waals surface area contributed by atoms with Crippen LogP contribution in [-0.2, 0) is 11.3 Å². The summed E-state index contributed by atoms with van der Waals surface area (Å²) in [5.41, 5.74) is 0.567. The van der Waals surface area contributed by atoms with Gasteiger partial charge in [-0.25, -0.2) is 8.78 Å². The number of hydrogen-bond acceptors (Lipinski definition) is 2. The van der Waals surface area contributed by atoms with Crippen LogP contribution in [0.25, 0.3) is 0 Å². The summed E-state index contributed by atoms with van der Waals surface area (Å²) in [5.74, 6) is -2.13. The lowest BCUT2D eigenvalue weighted by Crippen LogP contribution is -2.34. The Bertz CT molecular complexity index is 437. The highest BCUT2D eigenvalue weighted by Gasteiger charge is 2.25. The molecule has 0 saturated heterocycles. The summed E-state index contributed by atoms with van der Waals surface area (Å²) >= 11 is 0. The second kappa shape index (κ2) is 6.10. The summed E-state index contributed by atoms with van der Waals surface area (Å²) in [6.07, 6.45) is 2.89. The molecule has 0 bridgehead atoms. The highest BCUT2D eigenvalue weighted by Crippen LogP contribution is 2.24. The zero-order valence-corrected chi connectivity index (χ0v) is 10.5. The monoisotopic (exact) mass is 269 g/mol. The molecule has 19 heavy (non-hydrogen) atoms. The zero-order chi connectivity index (χ0) is 13.8. The van der Waals surface area contributed by atoms with Crippen molar-refractivity contribution in [3.8, 4) is 0 Å². The Morgan fingerprint density at radius 1 is 1.16 bits per heavy atom. The van der Waals surface area contributed by atoms with E-state index in [4.69, 9.17) is 5.11 Å². The van der Waals surface area contributed by atoms with Crippen molar-refractivity contribution in [2.45, 2.75) is 38.3 Å². The largest absolute Gasteiger partial charge is 0.481 e. The number of hydrogen-bond donors (Lipinski definition) is 2. The fraction of sp³-hybridized carbons (Fsp3) is 0.500.